The average Bonchev–Trinajstić information content (AvgIpc) is 2.66. The molecular formula is C22H27ClN2O3. The Morgan fingerprint density at radius 3 is 2.54 bits per heavy atom. The molecule has 5 nitrogen and oxygen atoms in total. The van der Waals surface area contributed by atoms with Gasteiger partial charge in [0.05, 0.1) is 0 Å². The summed E-state index contributed by atoms with van der Waals surface area (Å²) < 4.78 is 5.74. The van der Waals surface area contributed by atoms with Crippen LogP contribution in [-0.2, 0) is 16.1 Å². The van der Waals surface area contributed by atoms with Crippen LogP contribution in [0.4, 0.5) is 0 Å². The van der Waals surface area contributed by atoms with E-state index in [1.807, 2.05) is 57.2 Å². The van der Waals surface area contributed by atoms with Crippen LogP contribution >= 0.6 is 11.6 Å². The van der Waals surface area contributed by atoms with E-state index in [1.165, 1.54) is 4.90 Å². The molecule has 0 aromatic heterocycles. The van der Waals surface area contributed by atoms with Crippen LogP contribution in [0.5, 0.6) is 5.75 Å². The molecule has 0 saturated carbocycles. The zero-order chi connectivity index (χ0) is 20.7. The highest BCUT2D eigenvalue weighted by Crippen LogP contribution is 2.21. The fourth-order valence-electron chi connectivity index (χ4n) is 2.90. The summed E-state index contributed by atoms with van der Waals surface area (Å²) >= 11 is 6.26. The lowest BCUT2D eigenvalue weighted by Gasteiger charge is -2.29. The summed E-state index contributed by atoms with van der Waals surface area (Å²) in [5.74, 6) is 0.162. The summed E-state index contributed by atoms with van der Waals surface area (Å²) in [6, 6.07) is 12.4. The summed E-state index contributed by atoms with van der Waals surface area (Å²) in [4.78, 5) is 26.8. The number of carbonyl (C=O) groups is 2. The predicted octanol–water partition coefficient (Wildman–Crippen LogP) is 3.89. The maximum atomic E-state index is 12.9. The van der Waals surface area contributed by atoms with E-state index in [1.54, 1.807) is 13.0 Å². The number of nitrogens with one attached hydrogen (secondary N) is 1. The number of hydrogen-bond acceptors (Lipinski definition) is 3. The van der Waals surface area contributed by atoms with Gasteiger partial charge in [-0.05, 0) is 51.0 Å². The standard InChI is InChI=1S/C22H27ClN2O3/c1-5-24-22(27)17(4)25(13-18-8-6-7-9-19(18)23)21(26)14-28-20-11-10-15(2)12-16(20)3/h6-12,17H,5,13-14H2,1-4H3,(H,24,27)/t17-/m1/s1. The first-order chi connectivity index (χ1) is 13.3. The van der Waals surface area contributed by atoms with Gasteiger partial charge in [-0.1, -0.05) is 47.5 Å². The number of hydrogen-bond donors (Lipinski definition) is 1. The number of carbonyl (C=O) groups excluding carboxylic acids is 2. The normalized spacial score (nSPS) is 11.6. The van der Waals surface area contributed by atoms with Crippen molar-refractivity contribution < 1.29 is 14.3 Å². The summed E-state index contributed by atoms with van der Waals surface area (Å²) in [5.41, 5.74) is 2.86. The second-order valence-corrected chi connectivity index (χ2v) is 7.15. The number of benzene rings is 2. The lowest BCUT2D eigenvalue weighted by Crippen LogP contribution is -2.49. The van der Waals surface area contributed by atoms with Gasteiger partial charge in [-0.15, -0.1) is 0 Å². The Balaban J connectivity index is 2.18. The largest absolute Gasteiger partial charge is 0.483 e. The Morgan fingerprint density at radius 2 is 1.89 bits per heavy atom. The van der Waals surface area contributed by atoms with Crippen molar-refractivity contribution in [2.75, 3.05) is 13.2 Å². The molecule has 0 aliphatic heterocycles. The molecule has 2 aromatic rings. The van der Waals surface area contributed by atoms with Crippen molar-refractivity contribution in [3.05, 3.63) is 64.2 Å². The molecule has 1 atom stereocenters. The highest BCUT2D eigenvalue weighted by molar-refractivity contribution is 6.31. The first kappa shape index (κ1) is 21.8. The van der Waals surface area contributed by atoms with Gasteiger partial charge in [0, 0.05) is 18.1 Å². The second kappa shape index (κ2) is 10.1. The van der Waals surface area contributed by atoms with Crippen molar-refractivity contribution in [3.63, 3.8) is 0 Å². The van der Waals surface area contributed by atoms with Gasteiger partial charge in [0.1, 0.15) is 11.8 Å². The van der Waals surface area contributed by atoms with E-state index >= 15 is 0 Å². The third-order valence-corrected chi connectivity index (χ3v) is 4.87. The lowest BCUT2D eigenvalue weighted by molar-refractivity contribution is -0.142. The molecule has 0 heterocycles. The molecule has 0 saturated heterocycles. The lowest BCUT2D eigenvalue weighted by atomic mass is 10.1. The number of rotatable bonds is 8. The van der Waals surface area contributed by atoms with Gasteiger partial charge in [0.25, 0.3) is 5.91 Å². The number of likely N-dealkylation sites (N-methyl/N-ethyl adjacent to an activating group) is 1. The molecule has 0 radical (unpaired) electrons. The van der Waals surface area contributed by atoms with Gasteiger partial charge in [-0.2, -0.15) is 0 Å². The van der Waals surface area contributed by atoms with Gasteiger partial charge >= 0.3 is 0 Å². The number of amides is 2. The fraction of sp³-hybridized carbons (Fsp3) is 0.364. The Labute approximate surface area is 171 Å². The van der Waals surface area contributed by atoms with Gasteiger partial charge in [0.15, 0.2) is 6.61 Å². The molecule has 0 aliphatic carbocycles. The molecule has 0 unspecified atom stereocenters. The van der Waals surface area contributed by atoms with Crippen LogP contribution in [0, 0.1) is 13.8 Å². The summed E-state index contributed by atoms with van der Waals surface area (Å²) in [6.07, 6.45) is 0. The molecule has 6 heteroatoms. The minimum absolute atomic E-state index is 0.155. The summed E-state index contributed by atoms with van der Waals surface area (Å²) in [7, 11) is 0. The molecule has 28 heavy (non-hydrogen) atoms. The highest BCUT2D eigenvalue weighted by atomic mass is 35.5. The van der Waals surface area contributed by atoms with Crippen LogP contribution in [0.1, 0.15) is 30.5 Å². The Hall–Kier alpha value is -2.53. The van der Waals surface area contributed by atoms with Gasteiger partial charge < -0.3 is 15.0 Å². The van der Waals surface area contributed by atoms with Gasteiger partial charge in [-0.3, -0.25) is 9.59 Å². The van der Waals surface area contributed by atoms with E-state index in [4.69, 9.17) is 16.3 Å². The Kier molecular flexibility index (Phi) is 7.88. The van der Waals surface area contributed by atoms with Crippen LogP contribution in [0.2, 0.25) is 5.02 Å². The average molecular weight is 403 g/mol. The molecule has 2 aromatic carbocycles. The monoisotopic (exact) mass is 402 g/mol. The van der Waals surface area contributed by atoms with E-state index in [-0.39, 0.29) is 25.0 Å². The van der Waals surface area contributed by atoms with Crippen LogP contribution < -0.4 is 10.1 Å². The molecule has 0 fully saturated rings. The quantitative estimate of drug-likeness (QED) is 0.728. The smallest absolute Gasteiger partial charge is 0.261 e. The van der Waals surface area contributed by atoms with Crippen molar-refractivity contribution in [1.29, 1.82) is 0 Å². The van der Waals surface area contributed by atoms with Crippen LogP contribution in [0.3, 0.4) is 0 Å². The van der Waals surface area contributed by atoms with E-state index < -0.39 is 6.04 Å². The summed E-state index contributed by atoms with van der Waals surface area (Å²) in [6.45, 7) is 8.05. The second-order valence-electron chi connectivity index (χ2n) is 6.74. The van der Waals surface area contributed by atoms with Crippen molar-refractivity contribution >= 4 is 23.4 Å². The number of nitrogens with zero attached hydrogens (tertiary/aromatic N) is 1. The Bertz CT molecular complexity index is 838. The van der Waals surface area contributed by atoms with Crippen LogP contribution in [0.15, 0.2) is 42.5 Å². The van der Waals surface area contributed by atoms with E-state index in [9.17, 15) is 9.59 Å². The fourth-order valence-corrected chi connectivity index (χ4v) is 3.09. The van der Waals surface area contributed by atoms with E-state index in [0.717, 1.165) is 16.7 Å². The van der Waals surface area contributed by atoms with Crippen LogP contribution in [-0.4, -0.2) is 35.9 Å². The SMILES string of the molecule is CCNC(=O)[C@@H](C)N(Cc1ccccc1Cl)C(=O)COc1ccc(C)cc1C. The maximum Gasteiger partial charge on any atom is 0.261 e. The molecular weight excluding hydrogens is 376 g/mol. The third kappa shape index (κ3) is 5.73. The van der Waals surface area contributed by atoms with Gasteiger partial charge in [0.2, 0.25) is 5.91 Å². The van der Waals surface area contributed by atoms with Gasteiger partial charge in [-0.25, -0.2) is 0 Å². The first-order valence-electron chi connectivity index (χ1n) is 9.34. The van der Waals surface area contributed by atoms with Crippen molar-refractivity contribution in [3.8, 4) is 5.75 Å². The first-order valence-corrected chi connectivity index (χ1v) is 9.72. The topological polar surface area (TPSA) is 58.6 Å². The molecule has 0 bridgehead atoms. The number of halogens is 1. The summed E-state index contributed by atoms with van der Waals surface area (Å²) in [5, 5.41) is 3.32. The highest BCUT2D eigenvalue weighted by Gasteiger charge is 2.26. The van der Waals surface area contributed by atoms with E-state index in [0.29, 0.717) is 17.3 Å². The van der Waals surface area contributed by atoms with Crippen LogP contribution in [0.25, 0.3) is 0 Å². The van der Waals surface area contributed by atoms with Crippen molar-refractivity contribution in [1.82, 2.24) is 10.2 Å². The molecule has 0 spiro atoms. The predicted molar refractivity (Wildman–Crippen MR) is 112 cm³/mol. The third-order valence-electron chi connectivity index (χ3n) is 4.50. The minimum atomic E-state index is -0.647. The molecule has 2 rings (SSSR count). The van der Waals surface area contributed by atoms with Crippen molar-refractivity contribution in [2.24, 2.45) is 0 Å². The number of aryl methyl sites for hydroxylation is 2. The zero-order valence-electron chi connectivity index (χ0n) is 16.8. The molecule has 1 N–H and O–H groups in total. The Morgan fingerprint density at radius 1 is 1.18 bits per heavy atom. The minimum Gasteiger partial charge on any atom is -0.483 e. The number of ether oxygens (including phenoxy) is 1. The maximum absolute atomic E-state index is 12.9. The van der Waals surface area contributed by atoms with Crippen molar-refractivity contribution in [2.45, 2.75) is 40.3 Å². The van der Waals surface area contributed by atoms with E-state index in [2.05, 4.69) is 5.32 Å². The molecule has 2 amide bonds. The molecule has 150 valence electrons. The zero-order valence-corrected chi connectivity index (χ0v) is 17.5. The molecule has 0 aliphatic rings.